The molecule has 1 atom stereocenters. The molecule has 0 saturated carbocycles. The number of rotatable bonds is 6. The number of carbonyl (C=O) groups excluding carboxylic acids is 1. The Hall–Kier alpha value is -1.38. The van der Waals surface area contributed by atoms with Crippen LogP contribution in [0.15, 0.2) is 22.7 Å². The summed E-state index contributed by atoms with van der Waals surface area (Å²) in [5.41, 5.74) is 5.22. The lowest BCUT2D eigenvalue weighted by Crippen LogP contribution is -2.18. The first kappa shape index (κ1) is 14.6. The van der Waals surface area contributed by atoms with E-state index in [-0.39, 0.29) is 17.8 Å². The summed E-state index contributed by atoms with van der Waals surface area (Å²) in [4.78, 5) is 12.0. The van der Waals surface area contributed by atoms with E-state index in [4.69, 9.17) is 10.5 Å². The third-order valence-electron chi connectivity index (χ3n) is 3.21. The number of amides is 1. The SMILES string of the molecule is NC(=O)CSc1nnc(-c2cccs2)n1CC1CCCO1. The summed E-state index contributed by atoms with van der Waals surface area (Å²) < 4.78 is 7.74. The van der Waals surface area contributed by atoms with Crippen LogP contribution in [0.2, 0.25) is 0 Å². The maximum Gasteiger partial charge on any atom is 0.227 e. The van der Waals surface area contributed by atoms with Crippen molar-refractivity contribution in [1.29, 1.82) is 0 Å². The van der Waals surface area contributed by atoms with Gasteiger partial charge in [0, 0.05) is 6.61 Å². The van der Waals surface area contributed by atoms with E-state index in [1.54, 1.807) is 11.3 Å². The molecular weight excluding hydrogens is 308 g/mol. The minimum Gasteiger partial charge on any atom is -0.376 e. The largest absolute Gasteiger partial charge is 0.376 e. The first-order valence-corrected chi connectivity index (χ1v) is 8.60. The predicted octanol–water partition coefficient (Wildman–Crippen LogP) is 1.76. The fourth-order valence-corrected chi connectivity index (χ4v) is 3.68. The summed E-state index contributed by atoms with van der Waals surface area (Å²) in [6, 6.07) is 4.00. The molecule has 0 spiro atoms. The van der Waals surface area contributed by atoms with Gasteiger partial charge in [-0.1, -0.05) is 17.8 Å². The first-order chi connectivity index (χ1) is 10.2. The fourth-order valence-electron chi connectivity index (χ4n) is 2.28. The van der Waals surface area contributed by atoms with E-state index in [0.717, 1.165) is 30.2 Å². The van der Waals surface area contributed by atoms with Crippen molar-refractivity contribution in [3.63, 3.8) is 0 Å². The van der Waals surface area contributed by atoms with Crippen LogP contribution in [0.3, 0.4) is 0 Å². The van der Waals surface area contributed by atoms with Crippen LogP contribution in [-0.2, 0) is 16.1 Å². The number of nitrogens with two attached hydrogens (primary N) is 1. The zero-order valence-corrected chi connectivity index (χ0v) is 13.0. The van der Waals surface area contributed by atoms with Crippen molar-refractivity contribution in [3.05, 3.63) is 17.5 Å². The van der Waals surface area contributed by atoms with E-state index < -0.39 is 0 Å². The van der Waals surface area contributed by atoms with Gasteiger partial charge < -0.3 is 10.5 Å². The Morgan fingerprint density at radius 2 is 2.48 bits per heavy atom. The van der Waals surface area contributed by atoms with Crippen molar-refractivity contribution in [3.8, 4) is 10.7 Å². The van der Waals surface area contributed by atoms with Crippen molar-refractivity contribution in [1.82, 2.24) is 14.8 Å². The molecule has 1 amide bonds. The van der Waals surface area contributed by atoms with E-state index in [2.05, 4.69) is 10.2 Å². The highest BCUT2D eigenvalue weighted by molar-refractivity contribution is 7.99. The number of carbonyl (C=O) groups is 1. The van der Waals surface area contributed by atoms with Gasteiger partial charge in [-0.3, -0.25) is 9.36 Å². The highest BCUT2D eigenvalue weighted by Gasteiger charge is 2.22. The molecule has 1 aliphatic heterocycles. The monoisotopic (exact) mass is 324 g/mol. The van der Waals surface area contributed by atoms with Gasteiger partial charge in [0.2, 0.25) is 5.91 Å². The molecule has 0 radical (unpaired) electrons. The minimum absolute atomic E-state index is 0.188. The van der Waals surface area contributed by atoms with Gasteiger partial charge >= 0.3 is 0 Å². The Morgan fingerprint density at radius 3 is 3.14 bits per heavy atom. The third kappa shape index (κ3) is 3.45. The Kier molecular flexibility index (Phi) is 4.57. The van der Waals surface area contributed by atoms with Crippen LogP contribution in [0.25, 0.3) is 10.7 Å². The summed E-state index contributed by atoms with van der Waals surface area (Å²) in [5, 5.41) is 11.2. The molecule has 0 aromatic carbocycles. The summed E-state index contributed by atoms with van der Waals surface area (Å²) in [6.45, 7) is 1.52. The lowest BCUT2D eigenvalue weighted by Gasteiger charge is -2.13. The molecule has 2 N–H and O–H groups in total. The predicted molar refractivity (Wildman–Crippen MR) is 82.2 cm³/mol. The average Bonchev–Trinajstić information content (AvgIpc) is 3.18. The van der Waals surface area contributed by atoms with Gasteiger partial charge in [-0.2, -0.15) is 0 Å². The van der Waals surface area contributed by atoms with Crippen LogP contribution in [-0.4, -0.2) is 39.1 Å². The molecule has 1 fully saturated rings. The number of ether oxygens (including phenoxy) is 1. The van der Waals surface area contributed by atoms with Crippen molar-refractivity contribution >= 4 is 29.0 Å². The molecular formula is C13H16N4O2S2. The van der Waals surface area contributed by atoms with Gasteiger partial charge in [0.15, 0.2) is 11.0 Å². The van der Waals surface area contributed by atoms with E-state index in [1.165, 1.54) is 11.8 Å². The van der Waals surface area contributed by atoms with Crippen LogP contribution in [0, 0.1) is 0 Å². The van der Waals surface area contributed by atoms with Crippen LogP contribution < -0.4 is 5.73 Å². The Balaban J connectivity index is 1.86. The Bertz CT molecular complexity index is 606. The number of aromatic nitrogens is 3. The summed E-state index contributed by atoms with van der Waals surface area (Å²) in [7, 11) is 0. The minimum atomic E-state index is -0.357. The number of thioether (sulfide) groups is 1. The van der Waals surface area contributed by atoms with Crippen molar-refractivity contribution in [2.75, 3.05) is 12.4 Å². The number of hydrogen-bond donors (Lipinski definition) is 1. The molecule has 1 saturated heterocycles. The summed E-state index contributed by atoms with van der Waals surface area (Å²) in [5.74, 6) is 0.672. The van der Waals surface area contributed by atoms with E-state index >= 15 is 0 Å². The molecule has 2 aromatic heterocycles. The summed E-state index contributed by atoms with van der Waals surface area (Å²) in [6.07, 6.45) is 2.32. The van der Waals surface area contributed by atoms with Crippen molar-refractivity contribution < 1.29 is 9.53 Å². The molecule has 1 aliphatic rings. The molecule has 21 heavy (non-hydrogen) atoms. The third-order valence-corrected chi connectivity index (χ3v) is 5.07. The molecule has 3 heterocycles. The zero-order chi connectivity index (χ0) is 14.7. The van der Waals surface area contributed by atoms with Crippen molar-refractivity contribution in [2.45, 2.75) is 30.6 Å². The van der Waals surface area contributed by atoms with Crippen LogP contribution in [0.5, 0.6) is 0 Å². The average molecular weight is 324 g/mol. The maximum atomic E-state index is 11.0. The molecule has 2 aromatic rings. The second-order valence-electron chi connectivity index (χ2n) is 4.78. The summed E-state index contributed by atoms with van der Waals surface area (Å²) >= 11 is 2.94. The first-order valence-electron chi connectivity index (χ1n) is 6.74. The Morgan fingerprint density at radius 1 is 1.57 bits per heavy atom. The fraction of sp³-hybridized carbons (Fsp3) is 0.462. The molecule has 3 rings (SSSR count). The zero-order valence-electron chi connectivity index (χ0n) is 11.4. The van der Waals surface area contributed by atoms with E-state index in [0.29, 0.717) is 11.7 Å². The maximum absolute atomic E-state index is 11.0. The van der Waals surface area contributed by atoms with Crippen LogP contribution in [0.1, 0.15) is 12.8 Å². The smallest absolute Gasteiger partial charge is 0.227 e. The van der Waals surface area contributed by atoms with Gasteiger partial charge in [-0.15, -0.1) is 21.5 Å². The highest BCUT2D eigenvalue weighted by Crippen LogP contribution is 2.28. The quantitative estimate of drug-likeness (QED) is 0.819. The number of thiophene rings is 1. The van der Waals surface area contributed by atoms with Gasteiger partial charge in [0.25, 0.3) is 0 Å². The topological polar surface area (TPSA) is 83.0 Å². The number of hydrogen-bond acceptors (Lipinski definition) is 6. The van der Waals surface area contributed by atoms with Crippen LogP contribution in [0.4, 0.5) is 0 Å². The molecule has 112 valence electrons. The highest BCUT2D eigenvalue weighted by atomic mass is 32.2. The second-order valence-corrected chi connectivity index (χ2v) is 6.67. The lowest BCUT2D eigenvalue weighted by atomic mass is 10.2. The molecule has 8 heteroatoms. The van der Waals surface area contributed by atoms with Gasteiger partial charge in [-0.05, 0) is 24.3 Å². The van der Waals surface area contributed by atoms with E-state index in [1.807, 2.05) is 22.1 Å². The standard InChI is InChI=1S/C13H16N4O2S2/c14-11(18)8-21-13-16-15-12(10-4-2-6-20-10)17(13)7-9-3-1-5-19-9/h2,4,6,9H,1,3,5,7-8H2,(H2,14,18). The van der Waals surface area contributed by atoms with Gasteiger partial charge in [0.1, 0.15) is 0 Å². The van der Waals surface area contributed by atoms with Crippen molar-refractivity contribution in [2.24, 2.45) is 5.73 Å². The Labute approximate surface area is 130 Å². The second kappa shape index (κ2) is 6.59. The number of primary amides is 1. The lowest BCUT2D eigenvalue weighted by molar-refractivity contribution is -0.115. The van der Waals surface area contributed by atoms with E-state index in [9.17, 15) is 4.79 Å². The van der Waals surface area contributed by atoms with Gasteiger partial charge in [-0.25, -0.2) is 0 Å². The molecule has 0 aliphatic carbocycles. The molecule has 0 bridgehead atoms. The normalized spacial score (nSPS) is 18.2. The molecule has 1 unspecified atom stereocenters. The van der Waals surface area contributed by atoms with Gasteiger partial charge in [0.05, 0.1) is 23.3 Å². The molecule has 6 nitrogen and oxygen atoms in total. The number of nitrogens with zero attached hydrogens (tertiary/aromatic N) is 3. The van der Waals surface area contributed by atoms with Crippen LogP contribution >= 0.6 is 23.1 Å².